The number of carbonyl (C=O) groups is 1. The van der Waals surface area contributed by atoms with Crippen LogP contribution in [-0.4, -0.2) is 20.0 Å². The van der Waals surface area contributed by atoms with E-state index < -0.39 is 11.6 Å². The minimum atomic E-state index is -0.513. The molecule has 0 spiro atoms. The van der Waals surface area contributed by atoms with Crippen LogP contribution >= 0.6 is 0 Å². The fraction of sp³-hybridized carbons (Fsp3) is 0.133. The maximum Gasteiger partial charge on any atom is 0.198 e. The van der Waals surface area contributed by atoms with Crippen molar-refractivity contribution < 1.29 is 18.7 Å². The van der Waals surface area contributed by atoms with Gasteiger partial charge in [0.25, 0.3) is 0 Å². The largest absolute Gasteiger partial charge is 0.497 e. The average Bonchev–Trinajstić information content (AvgIpc) is 2.46. The van der Waals surface area contributed by atoms with Gasteiger partial charge in [-0.1, -0.05) is 0 Å². The van der Waals surface area contributed by atoms with E-state index in [1.807, 2.05) is 0 Å². The zero-order valence-corrected chi connectivity index (χ0v) is 11.1. The number of ether oxygens (including phenoxy) is 2. The second-order valence-corrected chi connectivity index (χ2v) is 4.13. The molecule has 0 aliphatic rings. The van der Waals surface area contributed by atoms with E-state index in [9.17, 15) is 9.18 Å². The van der Waals surface area contributed by atoms with Crippen molar-refractivity contribution in [3.05, 3.63) is 53.3 Å². The molecule has 0 unspecified atom stereocenters. The van der Waals surface area contributed by atoms with Crippen LogP contribution in [0.4, 0.5) is 10.1 Å². The Labute approximate surface area is 115 Å². The standard InChI is InChI=1S/C15H14FNO3/c1-19-10-4-5-11(13(17)8-10)15(18)12-7-9(16)3-6-14(12)20-2/h3-8H,17H2,1-2H3. The Kier molecular flexibility index (Phi) is 3.89. The zero-order valence-electron chi connectivity index (χ0n) is 11.1. The average molecular weight is 275 g/mol. The molecular weight excluding hydrogens is 261 g/mol. The Morgan fingerprint density at radius 3 is 2.40 bits per heavy atom. The molecular formula is C15H14FNO3. The van der Waals surface area contributed by atoms with Gasteiger partial charge in [-0.25, -0.2) is 4.39 Å². The van der Waals surface area contributed by atoms with E-state index in [0.29, 0.717) is 11.5 Å². The van der Waals surface area contributed by atoms with Crippen molar-refractivity contribution in [3.63, 3.8) is 0 Å². The van der Waals surface area contributed by atoms with E-state index in [1.165, 1.54) is 26.4 Å². The molecule has 4 nitrogen and oxygen atoms in total. The third-order valence-electron chi connectivity index (χ3n) is 2.91. The van der Waals surface area contributed by atoms with Crippen molar-refractivity contribution in [2.24, 2.45) is 0 Å². The van der Waals surface area contributed by atoms with Gasteiger partial charge in [0, 0.05) is 17.3 Å². The fourth-order valence-electron chi connectivity index (χ4n) is 1.88. The summed E-state index contributed by atoms with van der Waals surface area (Å²) in [6.45, 7) is 0. The first-order valence-corrected chi connectivity index (χ1v) is 5.88. The number of ketones is 1. The highest BCUT2D eigenvalue weighted by atomic mass is 19.1. The molecule has 0 atom stereocenters. The molecule has 2 aromatic carbocycles. The molecule has 0 aliphatic heterocycles. The van der Waals surface area contributed by atoms with Crippen LogP contribution in [0.3, 0.4) is 0 Å². The van der Waals surface area contributed by atoms with Crippen LogP contribution in [0.1, 0.15) is 15.9 Å². The molecule has 0 saturated heterocycles. The molecule has 0 amide bonds. The van der Waals surface area contributed by atoms with E-state index in [2.05, 4.69) is 0 Å². The lowest BCUT2D eigenvalue weighted by molar-refractivity contribution is 0.103. The highest BCUT2D eigenvalue weighted by Crippen LogP contribution is 2.27. The Balaban J connectivity index is 2.48. The van der Waals surface area contributed by atoms with Crippen LogP contribution in [0.5, 0.6) is 11.5 Å². The van der Waals surface area contributed by atoms with Crippen LogP contribution in [-0.2, 0) is 0 Å². The number of anilines is 1. The second-order valence-electron chi connectivity index (χ2n) is 4.13. The number of nitrogens with two attached hydrogens (primary N) is 1. The van der Waals surface area contributed by atoms with Gasteiger partial charge in [0.15, 0.2) is 5.78 Å². The second kappa shape index (κ2) is 5.61. The third kappa shape index (κ3) is 2.56. The van der Waals surface area contributed by atoms with Crippen LogP contribution < -0.4 is 15.2 Å². The first kappa shape index (κ1) is 13.9. The molecule has 5 heteroatoms. The van der Waals surface area contributed by atoms with Crippen LogP contribution in [0, 0.1) is 5.82 Å². The van der Waals surface area contributed by atoms with E-state index in [4.69, 9.17) is 15.2 Å². The molecule has 0 aromatic heterocycles. The number of carbonyl (C=O) groups excluding carboxylic acids is 1. The van der Waals surface area contributed by atoms with E-state index in [0.717, 1.165) is 6.07 Å². The molecule has 0 bridgehead atoms. The normalized spacial score (nSPS) is 10.2. The number of methoxy groups -OCH3 is 2. The topological polar surface area (TPSA) is 61.5 Å². The lowest BCUT2D eigenvalue weighted by atomic mass is 10.0. The number of benzene rings is 2. The Morgan fingerprint density at radius 1 is 1.05 bits per heavy atom. The van der Waals surface area contributed by atoms with Crippen LogP contribution in [0.15, 0.2) is 36.4 Å². The van der Waals surface area contributed by atoms with Crippen molar-refractivity contribution in [2.45, 2.75) is 0 Å². The van der Waals surface area contributed by atoms with Gasteiger partial charge in [0.2, 0.25) is 0 Å². The van der Waals surface area contributed by atoms with Crippen molar-refractivity contribution in [1.82, 2.24) is 0 Å². The lowest BCUT2D eigenvalue weighted by Crippen LogP contribution is -2.07. The highest BCUT2D eigenvalue weighted by Gasteiger charge is 2.18. The molecule has 0 saturated carbocycles. The number of hydrogen-bond donors (Lipinski definition) is 1. The van der Waals surface area contributed by atoms with Gasteiger partial charge >= 0.3 is 0 Å². The van der Waals surface area contributed by atoms with Crippen molar-refractivity contribution in [3.8, 4) is 11.5 Å². The minimum absolute atomic E-state index is 0.129. The summed E-state index contributed by atoms with van der Waals surface area (Å²) in [5.41, 5.74) is 6.50. The lowest BCUT2D eigenvalue weighted by Gasteiger charge is -2.10. The third-order valence-corrected chi connectivity index (χ3v) is 2.91. The predicted molar refractivity (Wildman–Crippen MR) is 73.8 cm³/mol. The quantitative estimate of drug-likeness (QED) is 0.688. The van der Waals surface area contributed by atoms with E-state index in [1.54, 1.807) is 18.2 Å². The Bertz CT molecular complexity index is 656. The number of nitrogen functional groups attached to an aromatic ring is 1. The summed E-state index contributed by atoms with van der Waals surface area (Å²) in [5, 5.41) is 0. The minimum Gasteiger partial charge on any atom is -0.497 e. The monoisotopic (exact) mass is 275 g/mol. The van der Waals surface area contributed by atoms with Crippen LogP contribution in [0.2, 0.25) is 0 Å². The molecule has 0 heterocycles. The first-order chi connectivity index (χ1) is 9.56. The smallest absolute Gasteiger partial charge is 0.198 e. The molecule has 0 radical (unpaired) electrons. The van der Waals surface area contributed by atoms with Crippen molar-refractivity contribution >= 4 is 11.5 Å². The van der Waals surface area contributed by atoms with Gasteiger partial charge in [-0.15, -0.1) is 0 Å². The van der Waals surface area contributed by atoms with Gasteiger partial charge < -0.3 is 15.2 Å². The van der Waals surface area contributed by atoms with Crippen molar-refractivity contribution in [2.75, 3.05) is 20.0 Å². The number of halogens is 1. The zero-order chi connectivity index (χ0) is 14.7. The summed E-state index contributed by atoms with van der Waals surface area (Å²) in [5.74, 6) is -0.0698. The summed E-state index contributed by atoms with van der Waals surface area (Å²) in [6, 6.07) is 8.47. The Hall–Kier alpha value is -2.56. The molecule has 0 fully saturated rings. The van der Waals surface area contributed by atoms with Crippen LogP contribution in [0.25, 0.3) is 0 Å². The van der Waals surface area contributed by atoms with E-state index >= 15 is 0 Å². The predicted octanol–water partition coefficient (Wildman–Crippen LogP) is 2.66. The summed E-state index contributed by atoms with van der Waals surface area (Å²) < 4.78 is 23.4. The molecule has 0 aliphatic carbocycles. The summed E-state index contributed by atoms with van der Waals surface area (Å²) in [6.07, 6.45) is 0. The Morgan fingerprint density at radius 2 is 1.80 bits per heavy atom. The van der Waals surface area contributed by atoms with Gasteiger partial charge in [0.1, 0.15) is 17.3 Å². The molecule has 104 valence electrons. The summed E-state index contributed by atoms with van der Waals surface area (Å²) >= 11 is 0. The maximum absolute atomic E-state index is 13.3. The molecule has 2 N–H and O–H groups in total. The van der Waals surface area contributed by atoms with Gasteiger partial charge in [-0.2, -0.15) is 0 Å². The van der Waals surface area contributed by atoms with Crippen molar-refractivity contribution in [1.29, 1.82) is 0 Å². The van der Waals surface area contributed by atoms with Gasteiger partial charge in [-0.05, 0) is 30.3 Å². The summed E-state index contributed by atoms with van der Waals surface area (Å²) in [7, 11) is 2.92. The number of hydrogen-bond acceptors (Lipinski definition) is 4. The maximum atomic E-state index is 13.3. The highest BCUT2D eigenvalue weighted by molar-refractivity contribution is 6.13. The van der Waals surface area contributed by atoms with Gasteiger partial charge in [-0.3, -0.25) is 4.79 Å². The number of rotatable bonds is 4. The summed E-state index contributed by atoms with van der Waals surface area (Å²) in [4.78, 5) is 12.4. The SMILES string of the molecule is COc1ccc(C(=O)c2cc(F)ccc2OC)c(N)c1. The molecule has 20 heavy (non-hydrogen) atoms. The van der Waals surface area contributed by atoms with E-state index in [-0.39, 0.29) is 16.8 Å². The first-order valence-electron chi connectivity index (χ1n) is 5.88. The molecule has 2 aromatic rings. The molecule has 2 rings (SSSR count). The fourth-order valence-corrected chi connectivity index (χ4v) is 1.88. The van der Waals surface area contributed by atoms with Gasteiger partial charge in [0.05, 0.1) is 19.8 Å².